The lowest BCUT2D eigenvalue weighted by Gasteiger charge is -2.31. The van der Waals surface area contributed by atoms with Gasteiger partial charge in [0.2, 0.25) is 0 Å². The molecule has 0 aliphatic heterocycles. The average molecular weight is 308 g/mol. The van der Waals surface area contributed by atoms with E-state index in [4.69, 9.17) is 4.74 Å². The molecule has 0 radical (unpaired) electrons. The molecule has 22 heavy (non-hydrogen) atoms. The van der Waals surface area contributed by atoms with Crippen LogP contribution in [0.5, 0.6) is 0 Å². The second kappa shape index (κ2) is 6.99. The highest BCUT2D eigenvalue weighted by Gasteiger charge is 2.25. The summed E-state index contributed by atoms with van der Waals surface area (Å²) in [6.07, 6.45) is 3.43. The molecule has 0 bridgehead atoms. The number of alkyl carbamates (subject to hydrolysis) is 1. The van der Waals surface area contributed by atoms with Crippen LogP contribution in [0.15, 0.2) is 24.3 Å². The predicted octanol–water partition coefficient (Wildman–Crippen LogP) is 4.07. The molecule has 4 nitrogen and oxygen atoms in total. The molecule has 1 aromatic rings. The third kappa shape index (κ3) is 5.54. The highest BCUT2D eigenvalue weighted by atomic mass is 19.1. The summed E-state index contributed by atoms with van der Waals surface area (Å²) in [5, 5.41) is 6.27. The van der Waals surface area contributed by atoms with E-state index in [2.05, 4.69) is 10.6 Å². The van der Waals surface area contributed by atoms with E-state index in [1.165, 1.54) is 12.1 Å². The minimum atomic E-state index is -0.488. The van der Waals surface area contributed by atoms with Gasteiger partial charge in [-0.3, -0.25) is 0 Å². The van der Waals surface area contributed by atoms with Gasteiger partial charge in [0.1, 0.15) is 11.4 Å². The summed E-state index contributed by atoms with van der Waals surface area (Å²) in [6, 6.07) is 6.79. The van der Waals surface area contributed by atoms with Crippen LogP contribution in [-0.2, 0) is 4.74 Å². The molecule has 0 saturated heterocycles. The van der Waals surface area contributed by atoms with Crippen molar-refractivity contribution in [2.75, 3.05) is 5.32 Å². The molecule has 2 N–H and O–H groups in total. The fraction of sp³-hybridized carbons (Fsp3) is 0.588. The molecule has 122 valence electrons. The molecule has 1 aromatic carbocycles. The van der Waals surface area contributed by atoms with E-state index in [-0.39, 0.29) is 24.0 Å². The van der Waals surface area contributed by atoms with Crippen LogP contribution in [0.4, 0.5) is 14.9 Å². The summed E-state index contributed by atoms with van der Waals surface area (Å²) in [5.41, 5.74) is 0.292. The number of hydrogen-bond donors (Lipinski definition) is 2. The van der Waals surface area contributed by atoms with Gasteiger partial charge < -0.3 is 15.4 Å². The quantitative estimate of drug-likeness (QED) is 0.885. The Hall–Kier alpha value is -1.78. The Labute approximate surface area is 131 Å². The van der Waals surface area contributed by atoms with Crippen LogP contribution < -0.4 is 10.6 Å². The van der Waals surface area contributed by atoms with Crippen molar-refractivity contribution in [1.29, 1.82) is 0 Å². The minimum Gasteiger partial charge on any atom is -0.444 e. The normalized spacial score (nSPS) is 22.0. The molecule has 2 unspecified atom stereocenters. The Morgan fingerprint density at radius 3 is 2.68 bits per heavy atom. The van der Waals surface area contributed by atoms with Crippen molar-refractivity contribution in [2.24, 2.45) is 0 Å². The maximum absolute atomic E-state index is 13.2. The Balaban J connectivity index is 1.85. The van der Waals surface area contributed by atoms with E-state index < -0.39 is 5.60 Å². The van der Waals surface area contributed by atoms with Crippen molar-refractivity contribution < 1.29 is 13.9 Å². The molecular formula is C17H25FN2O2. The Kier molecular flexibility index (Phi) is 5.27. The van der Waals surface area contributed by atoms with Crippen LogP contribution in [0.25, 0.3) is 0 Å². The maximum atomic E-state index is 13.2. The topological polar surface area (TPSA) is 50.4 Å². The minimum absolute atomic E-state index is 0.0923. The van der Waals surface area contributed by atoms with Crippen molar-refractivity contribution in [3.05, 3.63) is 30.1 Å². The number of amides is 1. The van der Waals surface area contributed by atoms with E-state index in [9.17, 15) is 9.18 Å². The van der Waals surface area contributed by atoms with Crippen molar-refractivity contribution >= 4 is 11.8 Å². The number of hydrogen-bond acceptors (Lipinski definition) is 3. The molecule has 5 heteroatoms. The fourth-order valence-corrected chi connectivity index (χ4v) is 2.74. The molecule has 0 spiro atoms. The molecule has 1 saturated carbocycles. The van der Waals surface area contributed by atoms with Crippen molar-refractivity contribution in [3.8, 4) is 0 Å². The third-order valence-corrected chi connectivity index (χ3v) is 3.59. The molecule has 2 atom stereocenters. The van der Waals surface area contributed by atoms with Gasteiger partial charge in [-0.1, -0.05) is 6.07 Å². The highest BCUT2D eigenvalue weighted by Crippen LogP contribution is 2.23. The molecule has 0 aromatic heterocycles. The van der Waals surface area contributed by atoms with Crippen LogP contribution in [0.2, 0.25) is 0 Å². The number of carbonyl (C=O) groups excluding carboxylic acids is 1. The number of carbonyl (C=O) groups is 1. The standard InChI is InChI=1S/C17H25FN2O2/c1-17(2,3)22-16(21)20-15-9-5-8-14(11-15)19-13-7-4-6-12(18)10-13/h4,6-7,10,14-15,19H,5,8-9,11H2,1-3H3,(H,20,21). The fourth-order valence-electron chi connectivity index (χ4n) is 2.74. The Morgan fingerprint density at radius 2 is 2.00 bits per heavy atom. The molecule has 0 heterocycles. The van der Waals surface area contributed by atoms with Crippen molar-refractivity contribution in [3.63, 3.8) is 0 Å². The van der Waals surface area contributed by atoms with Crippen molar-refractivity contribution in [2.45, 2.75) is 64.1 Å². The zero-order valence-corrected chi connectivity index (χ0v) is 13.5. The maximum Gasteiger partial charge on any atom is 0.407 e. The van der Waals surface area contributed by atoms with Crippen LogP contribution >= 0.6 is 0 Å². The Morgan fingerprint density at radius 1 is 1.27 bits per heavy atom. The second-order valence-corrected chi connectivity index (χ2v) is 6.86. The first-order valence-electron chi connectivity index (χ1n) is 7.83. The predicted molar refractivity (Wildman–Crippen MR) is 85.4 cm³/mol. The number of benzene rings is 1. The highest BCUT2D eigenvalue weighted by molar-refractivity contribution is 5.68. The number of nitrogens with one attached hydrogen (secondary N) is 2. The third-order valence-electron chi connectivity index (χ3n) is 3.59. The second-order valence-electron chi connectivity index (χ2n) is 6.86. The number of rotatable bonds is 3. The average Bonchev–Trinajstić information content (AvgIpc) is 2.36. The number of anilines is 1. The van der Waals surface area contributed by atoms with Crippen molar-refractivity contribution in [1.82, 2.24) is 5.32 Å². The lowest BCUT2D eigenvalue weighted by atomic mass is 9.91. The summed E-state index contributed by atoms with van der Waals surface area (Å²) in [4.78, 5) is 11.8. The summed E-state index contributed by atoms with van der Waals surface area (Å²) in [7, 11) is 0. The van der Waals surface area contributed by atoms with Gasteiger partial charge in [0.05, 0.1) is 0 Å². The molecular weight excluding hydrogens is 283 g/mol. The van der Waals surface area contributed by atoms with Gasteiger partial charge in [0.15, 0.2) is 0 Å². The van der Waals surface area contributed by atoms with E-state index in [0.717, 1.165) is 31.4 Å². The van der Waals surface area contributed by atoms with Gasteiger partial charge in [0.25, 0.3) is 0 Å². The van der Waals surface area contributed by atoms with E-state index in [1.54, 1.807) is 6.07 Å². The first kappa shape index (κ1) is 16.6. The van der Waals surface area contributed by atoms with E-state index >= 15 is 0 Å². The SMILES string of the molecule is CC(C)(C)OC(=O)NC1CCCC(Nc2cccc(F)c2)C1. The van der Waals surface area contributed by atoms with Crippen LogP contribution in [-0.4, -0.2) is 23.8 Å². The van der Waals surface area contributed by atoms with Crippen LogP contribution in [0.3, 0.4) is 0 Å². The summed E-state index contributed by atoms with van der Waals surface area (Å²) < 4.78 is 18.5. The van der Waals surface area contributed by atoms with E-state index in [1.807, 2.05) is 26.8 Å². The smallest absolute Gasteiger partial charge is 0.407 e. The van der Waals surface area contributed by atoms with Crippen LogP contribution in [0.1, 0.15) is 46.5 Å². The first-order chi connectivity index (χ1) is 10.3. The molecule has 2 rings (SSSR count). The van der Waals surface area contributed by atoms with Crippen LogP contribution in [0, 0.1) is 5.82 Å². The zero-order chi connectivity index (χ0) is 16.2. The van der Waals surface area contributed by atoms with Gasteiger partial charge in [-0.2, -0.15) is 0 Å². The Bertz CT molecular complexity index is 514. The molecule has 1 amide bonds. The largest absolute Gasteiger partial charge is 0.444 e. The first-order valence-corrected chi connectivity index (χ1v) is 7.83. The van der Waals surface area contributed by atoms with Gasteiger partial charge in [-0.25, -0.2) is 9.18 Å². The van der Waals surface area contributed by atoms with Gasteiger partial charge in [-0.15, -0.1) is 0 Å². The summed E-state index contributed by atoms with van der Waals surface area (Å²) in [5.74, 6) is -0.246. The van der Waals surface area contributed by atoms with Gasteiger partial charge in [0, 0.05) is 17.8 Å². The monoisotopic (exact) mass is 308 g/mol. The molecule has 1 fully saturated rings. The lowest BCUT2D eigenvalue weighted by Crippen LogP contribution is -2.43. The number of ether oxygens (including phenoxy) is 1. The molecule has 1 aliphatic carbocycles. The summed E-state index contributed by atoms with van der Waals surface area (Å²) in [6.45, 7) is 5.55. The van der Waals surface area contributed by atoms with E-state index in [0.29, 0.717) is 0 Å². The summed E-state index contributed by atoms with van der Waals surface area (Å²) >= 11 is 0. The molecule has 1 aliphatic rings. The van der Waals surface area contributed by atoms with Gasteiger partial charge in [-0.05, 0) is 64.7 Å². The lowest BCUT2D eigenvalue weighted by molar-refractivity contribution is 0.0492. The number of halogens is 1. The zero-order valence-electron chi connectivity index (χ0n) is 13.5. The van der Waals surface area contributed by atoms with Gasteiger partial charge >= 0.3 is 6.09 Å².